The molecule has 35 heavy (non-hydrogen) atoms. The molecular formula is C24H37F2N5O3S. The Morgan fingerprint density at radius 1 is 1.34 bits per heavy atom. The molecule has 0 amide bonds. The molecule has 2 aliphatic rings. The molecule has 4 heterocycles. The van der Waals surface area contributed by atoms with E-state index >= 15 is 0 Å². The van der Waals surface area contributed by atoms with Gasteiger partial charge in [0.05, 0.1) is 30.0 Å². The van der Waals surface area contributed by atoms with Crippen LogP contribution in [0.4, 0.5) is 8.78 Å². The zero-order valence-corrected chi connectivity index (χ0v) is 22.1. The molecule has 0 aromatic carbocycles. The normalized spacial score (nSPS) is 29.6. The Morgan fingerprint density at radius 3 is 2.74 bits per heavy atom. The molecule has 0 radical (unpaired) electrons. The van der Waals surface area contributed by atoms with Gasteiger partial charge in [-0.2, -0.15) is 5.10 Å². The fourth-order valence-electron chi connectivity index (χ4n) is 5.23. The number of fused-ring (bicyclic) bond motifs is 1. The lowest BCUT2D eigenvalue weighted by molar-refractivity contribution is -0.221. The largest absolute Gasteiger partial charge is 0.366 e. The summed E-state index contributed by atoms with van der Waals surface area (Å²) in [4.78, 5) is 8.23. The molecule has 2 aromatic heterocycles. The van der Waals surface area contributed by atoms with Gasteiger partial charge in [-0.1, -0.05) is 6.92 Å². The highest BCUT2D eigenvalue weighted by molar-refractivity contribution is 7.98. The zero-order chi connectivity index (χ0) is 25.5. The van der Waals surface area contributed by atoms with Gasteiger partial charge in [0, 0.05) is 24.9 Å². The third-order valence-electron chi connectivity index (χ3n) is 6.89. The first-order valence-corrected chi connectivity index (χ1v) is 13.3. The fourth-order valence-corrected chi connectivity index (χ4v) is 5.75. The van der Waals surface area contributed by atoms with Crippen LogP contribution in [0.2, 0.25) is 0 Å². The number of alkyl halides is 2. The summed E-state index contributed by atoms with van der Waals surface area (Å²) in [5.74, 6) is -4.22. The highest BCUT2D eigenvalue weighted by atomic mass is 32.2. The molecule has 0 aliphatic carbocycles. The van der Waals surface area contributed by atoms with Gasteiger partial charge in [0.15, 0.2) is 5.79 Å². The molecular weight excluding hydrogens is 476 g/mol. The quantitative estimate of drug-likeness (QED) is 0.405. The smallest absolute Gasteiger partial charge is 0.262 e. The van der Waals surface area contributed by atoms with Crippen molar-refractivity contribution in [2.45, 2.75) is 74.7 Å². The number of ether oxygens (including phenoxy) is 2. The van der Waals surface area contributed by atoms with Crippen molar-refractivity contribution in [3.05, 3.63) is 24.2 Å². The topological polar surface area (TPSA) is 75.4 Å². The average Bonchev–Trinajstić information content (AvgIpc) is 3.40. The molecule has 2 aromatic rings. The first-order chi connectivity index (χ1) is 16.4. The molecule has 8 nitrogen and oxygen atoms in total. The van der Waals surface area contributed by atoms with Crippen molar-refractivity contribution in [1.82, 2.24) is 24.4 Å². The van der Waals surface area contributed by atoms with Crippen LogP contribution in [-0.2, 0) is 9.47 Å². The second-order valence-electron chi connectivity index (χ2n) is 10.5. The number of rotatable bonds is 9. The van der Waals surface area contributed by atoms with Crippen LogP contribution in [0.5, 0.6) is 0 Å². The Bertz CT molecular complexity index is 1010. The first kappa shape index (κ1) is 26.7. The minimum Gasteiger partial charge on any atom is -0.366 e. The lowest BCUT2D eigenvalue weighted by Gasteiger charge is -2.30. The van der Waals surface area contributed by atoms with Crippen molar-refractivity contribution in [3.8, 4) is 0 Å². The van der Waals surface area contributed by atoms with Crippen molar-refractivity contribution in [3.63, 3.8) is 0 Å². The van der Waals surface area contributed by atoms with Gasteiger partial charge in [0.1, 0.15) is 17.5 Å². The molecule has 2 aliphatic heterocycles. The maximum Gasteiger partial charge on any atom is 0.262 e. The second-order valence-corrected chi connectivity index (χ2v) is 11.3. The van der Waals surface area contributed by atoms with Gasteiger partial charge in [-0.05, 0) is 59.3 Å². The standard InChI is InChI=1S/C24H37F2N5O3S/c1-15-19(12-30-13-24(25,26)11-16(30)9-10-29(4)5)33-21(20(15)34-23(2,3)32)17-7-8-18-22(35-6)27-14-28-31(17)18/h7-8,14-16,19-21,32H,9-13H2,1-6H3/t15-,16-,19-,20-,21+/m1/s1. The van der Waals surface area contributed by atoms with E-state index < -0.39 is 23.9 Å². The fraction of sp³-hybridized carbons (Fsp3) is 0.750. The number of nitrogens with zero attached hydrogens (tertiary/aromatic N) is 5. The average molecular weight is 514 g/mol. The Morgan fingerprint density at radius 2 is 2.09 bits per heavy atom. The van der Waals surface area contributed by atoms with Crippen LogP contribution in [0.15, 0.2) is 23.5 Å². The predicted octanol–water partition coefficient (Wildman–Crippen LogP) is 3.30. The molecule has 0 saturated carbocycles. The summed E-state index contributed by atoms with van der Waals surface area (Å²) in [6.07, 6.45) is 2.67. The van der Waals surface area contributed by atoms with E-state index in [0.717, 1.165) is 22.8 Å². The second kappa shape index (κ2) is 10.2. The Labute approximate surface area is 210 Å². The summed E-state index contributed by atoms with van der Waals surface area (Å²) in [7, 11) is 3.91. The molecule has 0 bridgehead atoms. The summed E-state index contributed by atoms with van der Waals surface area (Å²) >= 11 is 1.53. The van der Waals surface area contributed by atoms with Crippen molar-refractivity contribution >= 4 is 17.3 Å². The van der Waals surface area contributed by atoms with E-state index in [1.807, 2.05) is 49.2 Å². The van der Waals surface area contributed by atoms with Crippen LogP contribution in [0.25, 0.3) is 5.52 Å². The minimum atomic E-state index is -2.70. The van der Waals surface area contributed by atoms with Crippen molar-refractivity contribution in [2.24, 2.45) is 5.92 Å². The summed E-state index contributed by atoms with van der Waals surface area (Å²) in [6, 6.07) is 3.68. The maximum atomic E-state index is 14.4. The zero-order valence-electron chi connectivity index (χ0n) is 21.3. The molecule has 0 unspecified atom stereocenters. The predicted molar refractivity (Wildman–Crippen MR) is 131 cm³/mol. The monoisotopic (exact) mass is 513 g/mol. The summed E-state index contributed by atoms with van der Waals surface area (Å²) in [5, 5.41) is 15.8. The highest BCUT2D eigenvalue weighted by Gasteiger charge is 2.50. The highest BCUT2D eigenvalue weighted by Crippen LogP contribution is 2.43. The molecule has 4 rings (SSSR count). The number of hydrogen-bond donors (Lipinski definition) is 1. The van der Waals surface area contributed by atoms with Crippen LogP contribution in [0.3, 0.4) is 0 Å². The van der Waals surface area contributed by atoms with Crippen LogP contribution < -0.4 is 0 Å². The third-order valence-corrected chi connectivity index (χ3v) is 7.59. The van der Waals surface area contributed by atoms with Gasteiger partial charge in [-0.25, -0.2) is 18.3 Å². The number of likely N-dealkylation sites (tertiary alicyclic amines) is 1. The molecule has 0 spiro atoms. The van der Waals surface area contributed by atoms with Crippen molar-refractivity contribution in [1.29, 1.82) is 0 Å². The van der Waals surface area contributed by atoms with Gasteiger partial charge in [-0.15, -0.1) is 11.8 Å². The van der Waals surface area contributed by atoms with Gasteiger partial charge >= 0.3 is 0 Å². The number of halogens is 2. The number of hydrogen-bond acceptors (Lipinski definition) is 8. The van der Waals surface area contributed by atoms with E-state index in [4.69, 9.17) is 9.47 Å². The van der Waals surface area contributed by atoms with E-state index in [0.29, 0.717) is 13.0 Å². The molecule has 11 heteroatoms. The molecule has 1 N–H and O–H groups in total. The van der Waals surface area contributed by atoms with Gasteiger partial charge in [-0.3, -0.25) is 4.90 Å². The van der Waals surface area contributed by atoms with E-state index in [1.54, 1.807) is 18.4 Å². The number of aromatic nitrogens is 3. The van der Waals surface area contributed by atoms with E-state index in [-0.39, 0.29) is 31.0 Å². The van der Waals surface area contributed by atoms with E-state index in [1.165, 1.54) is 18.1 Å². The molecule has 196 valence electrons. The number of aliphatic hydroxyl groups is 1. The maximum absolute atomic E-state index is 14.4. The van der Waals surface area contributed by atoms with Gasteiger partial charge < -0.3 is 19.5 Å². The Kier molecular flexibility index (Phi) is 7.76. The first-order valence-electron chi connectivity index (χ1n) is 12.1. The number of thioether (sulfide) groups is 1. The molecule has 2 fully saturated rings. The Hall–Kier alpha value is -1.37. The molecule has 2 saturated heterocycles. The summed E-state index contributed by atoms with van der Waals surface area (Å²) in [6.45, 7) is 6.05. The van der Waals surface area contributed by atoms with E-state index in [2.05, 4.69) is 10.1 Å². The van der Waals surface area contributed by atoms with Gasteiger partial charge in [0.2, 0.25) is 0 Å². The summed E-state index contributed by atoms with van der Waals surface area (Å²) < 4.78 is 43.2. The van der Waals surface area contributed by atoms with Gasteiger partial charge in [0.25, 0.3) is 5.92 Å². The Balaban J connectivity index is 1.60. The van der Waals surface area contributed by atoms with Crippen LogP contribution in [-0.4, -0.2) is 99.4 Å². The lowest BCUT2D eigenvalue weighted by atomic mass is 9.96. The van der Waals surface area contributed by atoms with Crippen LogP contribution >= 0.6 is 11.8 Å². The minimum absolute atomic E-state index is 0.132. The lowest BCUT2D eigenvalue weighted by Crippen LogP contribution is -2.41. The van der Waals surface area contributed by atoms with Crippen molar-refractivity contribution < 1.29 is 23.4 Å². The summed E-state index contributed by atoms with van der Waals surface area (Å²) in [5.41, 5.74) is 1.65. The van der Waals surface area contributed by atoms with Crippen LogP contribution in [0.1, 0.15) is 45.4 Å². The van der Waals surface area contributed by atoms with Crippen molar-refractivity contribution in [2.75, 3.05) is 40.0 Å². The van der Waals surface area contributed by atoms with Crippen LogP contribution in [0, 0.1) is 5.92 Å². The third kappa shape index (κ3) is 5.97. The SMILES string of the molecule is CSc1ncnn2c([C@@H]3O[C@H](CN4CC(F)(F)C[C@H]4CCN(C)C)[C@@H](C)[C@H]3OC(C)(C)O)ccc12. The van der Waals surface area contributed by atoms with E-state index in [9.17, 15) is 13.9 Å². The molecule has 5 atom stereocenters.